The van der Waals surface area contributed by atoms with E-state index in [1.807, 2.05) is 28.6 Å². The van der Waals surface area contributed by atoms with Gasteiger partial charge < -0.3 is 9.47 Å². The van der Waals surface area contributed by atoms with E-state index in [9.17, 15) is 4.79 Å². The SMILES string of the molecule is Cn1c(C(=O)N2CCCCC2CCn2ccnn2)cc2sccc21. The van der Waals surface area contributed by atoms with Crippen LogP contribution in [0.25, 0.3) is 10.2 Å². The summed E-state index contributed by atoms with van der Waals surface area (Å²) < 4.78 is 5.05. The molecule has 1 fully saturated rings. The molecule has 1 atom stereocenters. The number of aryl methyl sites for hydroxylation is 2. The lowest BCUT2D eigenvalue weighted by atomic mass is 9.99. The van der Waals surface area contributed by atoms with E-state index < -0.39 is 0 Å². The monoisotopic (exact) mass is 343 g/mol. The molecule has 3 aromatic rings. The molecule has 24 heavy (non-hydrogen) atoms. The molecule has 0 saturated carbocycles. The average molecular weight is 343 g/mol. The van der Waals surface area contributed by atoms with E-state index in [2.05, 4.69) is 26.7 Å². The standard InChI is InChI=1S/C17H21N5OS/c1-20-14-6-11-24-16(14)12-15(20)17(23)22-8-3-2-4-13(22)5-9-21-10-7-18-19-21/h6-7,10-13H,2-5,8-9H2,1H3. The van der Waals surface area contributed by atoms with Gasteiger partial charge >= 0.3 is 0 Å². The number of rotatable bonds is 4. The number of nitrogens with zero attached hydrogens (tertiary/aromatic N) is 5. The van der Waals surface area contributed by atoms with Gasteiger partial charge in [0.15, 0.2) is 0 Å². The molecule has 1 aliphatic rings. The van der Waals surface area contributed by atoms with Gasteiger partial charge in [-0.25, -0.2) is 0 Å². The van der Waals surface area contributed by atoms with Crippen molar-refractivity contribution >= 4 is 27.5 Å². The predicted molar refractivity (Wildman–Crippen MR) is 94.1 cm³/mol. The molecule has 1 saturated heterocycles. The van der Waals surface area contributed by atoms with E-state index in [1.54, 1.807) is 17.5 Å². The molecule has 0 aliphatic carbocycles. The zero-order chi connectivity index (χ0) is 16.5. The summed E-state index contributed by atoms with van der Waals surface area (Å²) in [6.07, 6.45) is 7.84. The minimum Gasteiger partial charge on any atom is -0.339 e. The molecule has 4 rings (SSSR count). The number of piperidine rings is 1. The second kappa shape index (κ2) is 6.39. The van der Waals surface area contributed by atoms with Crippen molar-refractivity contribution in [1.29, 1.82) is 0 Å². The van der Waals surface area contributed by atoms with Gasteiger partial charge in [0.2, 0.25) is 0 Å². The van der Waals surface area contributed by atoms with Crippen molar-refractivity contribution in [3.8, 4) is 0 Å². The number of hydrogen-bond acceptors (Lipinski definition) is 4. The fourth-order valence-corrected chi connectivity index (χ4v) is 4.45. The second-order valence-corrected chi connectivity index (χ2v) is 7.31. The third-order valence-corrected chi connectivity index (χ3v) is 5.79. The molecule has 0 spiro atoms. The fraction of sp³-hybridized carbons (Fsp3) is 0.471. The van der Waals surface area contributed by atoms with E-state index in [0.29, 0.717) is 0 Å². The van der Waals surface area contributed by atoms with E-state index in [-0.39, 0.29) is 11.9 Å². The number of carbonyl (C=O) groups excluding carboxylic acids is 1. The molecule has 6 nitrogen and oxygen atoms in total. The second-order valence-electron chi connectivity index (χ2n) is 6.36. The number of carbonyl (C=O) groups is 1. The van der Waals surface area contributed by atoms with E-state index in [0.717, 1.165) is 43.6 Å². The van der Waals surface area contributed by atoms with Gasteiger partial charge in [0.05, 0.1) is 16.4 Å². The Kier molecular flexibility index (Phi) is 4.10. The van der Waals surface area contributed by atoms with Crippen molar-refractivity contribution in [3.63, 3.8) is 0 Å². The van der Waals surface area contributed by atoms with Gasteiger partial charge in [-0.2, -0.15) is 0 Å². The molecule has 1 unspecified atom stereocenters. The lowest BCUT2D eigenvalue weighted by molar-refractivity contribution is 0.0584. The number of aromatic nitrogens is 4. The molecular formula is C17H21N5OS. The van der Waals surface area contributed by atoms with Crippen molar-refractivity contribution in [2.75, 3.05) is 6.54 Å². The number of hydrogen-bond donors (Lipinski definition) is 0. The molecule has 0 N–H and O–H groups in total. The van der Waals surface area contributed by atoms with Crippen LogP contribution in [-0.4, -0.2) is 43.0 Å². The Morgan fingerprint density at radius 2 is 2.33 bits per heavy atom. The summed E-state index contributed by atoms with van der Waals surface area (Å²) in [4.78, 5) is 15.2. The molecule has 0 radical (unpaired) electrons. The lowest BCUT2D eigenvalue weighted by Gasteiger charge is -2.36. The van der Waals surface area contributed by atoms with Crippen molar-refractivity contribution in [2.45, 2.75) is 38.3 Å². The highest BCUT2D eigenvalue weighted by Crippen LogP contribution is 2.27. The van der Waals surface area contributed by atoms with Gasteiger partial charge in [0.1, 0.15) is 5.69 Å². The first-order chi connectivity index (χ1) is 11.7. The zero-order valence-electron chi connectivity index (χ0n) is 13.8. The van der Waals surface area contributed by atoms with Crippen LogP contribution in [0.1, 0.15) is 36.2 Å². The third kappa shape index (κ3) is 2.73. The lowest BCUT2D eigenvalue weighted by Crippen LogP contribution is -2.44. The normalized spacial score (nSPS) is 18.4. The zero-order valence-corrected chi connectivity index (χ0v) is 14.6. The quantitative estimate of drug-likeness (QED) is 0.732. The number of fused-ring (bicyclic) bond motifs is 1. The summed E-state index contributed by atoms with van der Waals surface area (Å²) in [6.45, 7) is 1.65. The number of amides is 1. The van der Waals surface area contributed by atoms with Crippen LogP contribution in [0.3, 0.4) is 0 Å². The topological polar surface area (TPSA) is 56.0 Å². The highest BCUT2D eigenvalue weighted by molar-refractivity contribution is 7.17. The highest BCUT2D eigenvalue weighted by Gasteiger charge is 2.29. The summed E-state index contributed by atoms with van der Waals surface area (Å²) in [7, 11) is 1.98. The molecule has 0 bridgehead atoms. The van der Waals surface area contributed by atoms with Crippen LogP contribution in [0.15, 0.2) is 29.9 Å². The molecule has 7 heteroatoms. The highest BCUT2D eigenvalue weighted by atomic mass is 32.1. The molecular weight excluding hydrogens is 322 g/mol. The summed E-state index contributed by atoms with van der Waals surface area (Å²) in [5.41, 5.74) is 1.93. The third-order valence-electron chi connectivity index (χ3n) is 4.93. The Hall–Kier alpha value is -2.15. The van der Waals surface area contributed by atoms with E-state index in [4.69, 9.17) is 0 Å². The van der Waals surface area contributed by atoms with Crippen LogP contribution in [0, 0.1) is 0 Å². The Balaban J connectivity index is 1.54. The van der Waals surface area contributed by atoms with Gasteiger partial charge in [0.25, 0.3) is 5.91 Å². The van der Waals surface area contributed by atoms with Crippen LogP contribution >= 0.6 is 11.3 Å². The first-order valence-corrected chi connectivity index (χ1v) is 9.30. The first kappa shape index (κ1) is 15.4. The van der Waals surface area contributed by atoms with E-state index in [1.165, 1.54) is 11.1 Å². The Morgan fingerprint density at radius 1 is 1.42 bits per heavy atom. The Labute approximate surface area is 144 Å². The van der Waals surface area contributed by atoms with Crippen LogP contribution in [0.4, 0.5) is 0 Å². The number of likely N-dealkylation sites (tertiary alicyclic amines) is 1. The largest absolute Gasteiger partial charge is 0.339 e. The first-order valence-electron chi connectivity index (χ1n) is 8.42. The molecule has 1 aliphatic heterocycles. The van der Waals surface area contributed by atoms with Gasteiger partial charge in [-0.3, -0.25) is 9.48 Å². The minimum absolute atomic E-state index is 0.157. The average Bonchev–Trinajstić information content (AvgIpc) is 3.32. The summed E-state index contributed by atoms with van der Waals surface area (Å²) in [5, 5.41) is 9.94. The van der Waals surface area contributed by atoms with Crippen LogP contribution < -0.4 is 0 Å². The Morgan fingerprint density at radius 3 is 3.12 bits per heavy atom. The molecule has 4 heterocycles. The molecule has 0 aromatic carbocycles. The smallest absolute Gasteiger partial charge is 0.270 e. The van der Waals surface area contributed by atoms with Crippen molar-refractivity contribution in [3.05, 3.63) is 35.6 Å². The van der Waals surface area contributed by atoms with Crippen molar-refractivity contribution < 1.29 is 4.79 Å². The molecule has 3 aromatic heterocycles. The Bertz CT molecular complexity index is 835. The van der Waals surface area contributed by atoms with E-state index >= 15 is 0 Å². The van der Waals surface area contributed by atoms with Gasteiger partial charge in [-0.05, 0) is 43.2 Å². The summed E-state index contributed by atoms with van der Waals surface area (Å²) >= 11 is 1.69. The number of thiophene rings is 1. The van der Waals surface area contributed by atoms with Crippen LogP contribution in [0.2, 0.25) is 0 Å². The molecule has 1 amide bonds. The molecule has 126 valence electrons. The minimum atomic E-state index is 0.157. The van der Waals surface area contributed by atoms with Gasteiger partial charge in [-0.1, -0.05) is 5.21 Å². The maximum Gasteiger partial charge on any atom is 0.270 e. The van der Waals surface area contributed by atoms with Crippen molar-refractivity contribution in [2.24, 2.45) is 7.05 Å². The summed E-state index contributed by atoms with van der Waals surface area (Å²) in [5.74, 6) is 0.157. The van der Waals surface area contributed by atoms with Gasteiger partial charge in [0, 0.05) is 32.4 Å². The fourth-order valence-electron chi connectivity index (χ4n) is 3.60. The maximum atomic E-state index is 13.1. The van der Waals surface area contributed by atoms with Gasteiger partial charge in [-0.15, -0.1) is 16.4 Å². The van der Waals surface area contributed by atoms with Crippen LogP contribution in [0.5, 0.6) is 0 Å². The van der Waals surface area contributed by atoms with Crippen LogP contribution in [-0.2, 0) is 13.6 Å². The predicted octanol–water partition coefficient (Wildman–Crippen LogP) is 2.92. The maximum absolute atomic E-state index is 13.1. The van der Waals surface area contributed by atoms with Crippen molar-refractivity contribution in [1.82, 2.24) is 24.5 Å². The summed E-state index contributed by atoms with van der Waals surface area (Å²) in [6, 6.07) is 4.39.